The Bertz CT molecular complexity index is 1850. The molecule has 5 aliphatic rings. The number of benzene rings is 2. The van der Waals surface area contributed by atoms with E-state index in [1.54, 1.807) is 18.2 Å². The molecule has 4 aliphatic heterocycles. The third kappa shape index (κ3) is 8.29. The predicted octanol–water partition coefficient (Wildman–Crippen LogP) is 3.84. The summed E-state index contributed by atoms with van der Waals surface area (Å²) >= 11 is 1.45. The SMILES string of the molecule is CC(C)N1CC(CN(C[C@@H](O)[C@H](Cc2ccccc2)NC(=O)OC2C3COC4OCC2C4C3)S(=O)(=O)c2ccc3nc(NCCN4CCCC4)sc3c2)C1. The molecule has 1 aromatic heterocycles. The van der Waals surface area contributed by atoms with Gasteiger partial charge in [0.2, 0.25) is 10.0 Å². The van der Waals surface area contributed by atoms with E-state index >= 15 is 0 Å². The number of alkyl carbamates (subject to hydrolysis) is 1. The number of ether oxygens (including phenoxy) is 3. The summed E-state index contributed by atoms with van der Waals surface area (Å²) in [5.41, 5.74) is 1.64. The Morgan fingerprint density at radius 1 is 1.09 bits per heavy atom. The summed E-state index contributed by atoms with van der Waals surface area (Å²) in [7, 11) is -4.05. The van der Waals surface area contributed by atoms with Crippen molar-refractivity contribution >= 4 is 42.8 Å². The average molecular weight is 783 g/mol. The minimum absolute atomic E-state index is 0.0805. The number of sulfonamides is 1. The van der Waals surface area contributed by atoms with Gasteiger partial charge in [-0.3, -0.25) is 0 Å². The van der Waals surface area contributed by atoms with Gasteiger partial charge in [0.25, 0.3) is 0 Å². The molecule has 0 radical (unpaired) electrons. The molecular weight excluding hydrogens is 729 g/mol. The van der Waals surface area contributed by atoms with Crippen molar-refractivity contribution in [2.45, 2.75) is 75.0 Å². The molecule has 13 nitrogen and oxygen atoms in total. The maximum atomic E-state index is 14.6. The van der Waals surface area contributed by atoms with Crippen LogP contribution in [0.2, 0.25) is 0 Å². The molecule has 5 heterocycles. The second-order valence-electron chi connectivity index (χ2n) is 16.1. The number of thiazole rings is 1. The maximum Gasteiger partial charge on any atom is 0.407 e. The molecule has 3 aromatic rings. The number of nitrogens with zero attached hydrogens (tertiary/aromatic N) is 4. The van der Waals surface area contributed by atoms with E-state index in [4.69, 9.17) is 19.2 Å². The number of fused-ring (bicyclic) bond motifs is 2. The van der Waals surface area contributed by atoms with E-state index in [1.807, 2.05) is 30.3 Å². The van der Waals surface area contributed by atoms with Gasteiger partial charge in [-0.15, -0.1) is 0 Å². The summed E-state index contributed by atoms with van der Waals surface area (Å²) in [5, 5.41) is 19.1. The van der Waals surface area contributed by atoms with E-state index in [1.165, 1.54) is 28.5 Å². The number of carbonyl (C=O) groups excluding carboxylic acids is 1. The minimum atomic E-state index is -4.05. The number of hydrogen-bond acceptors (Lipinski definition) is 12. The lowest BCUT2D eigenvalue weighted by Crippen LogP contribution is -2.56. The van der Waals surface area contributed by atoms with Gasteiger partial charge in [0.15, 0.2) is 11.4 Å². The van der Waals surface area contributed by atoms with Crippen LogP contribution in [0.15, 0.2) is 53.4 Å². The number of carbonyl (C=O) groups is 1. The molecule has 7 atom stereocenters. The van der Waals surface area contributed by atoms with Gasteiger partial charge in [-0.05, 0) is 82.3 Å². The van der Waals surface area contributed by atoms with Crippen LogP contribution in [0.5, 0.6) is 0 Å². The Labute approximate surface area is 322 Å². The maximum absolute atomic E-state index is 14.6. The zero-order valence-electron chi connectivity index (χ0n) is 31.2. The van der Waals surface area contributed by atoms with Crippen LogP contribution in [-0.2, 0) is 30.7 Å². The molecule has 54 heavy (non-hydrogen) atoms. The van der Waals surface area contributed by atoms with Crippen molar-refractivity contribution in [3.63, 3.8) is 0 Å². The van der Waals surface area contributed by atoms with Crippen LogP contribution in [0.1, 0.15) is 38.7 Å². The van der Waals surface area contributed by atoms with E-state index in [2.05, 4.69) is 34.3 Å². The van der Waals surface area contributed by atoms with Gasteiger partial charge >= 0.3 is 6.09 Å². The highest BCUT2D eigenvalue weighted by Gasteiger charge is 2.56. The molecule has 0 spiro atoms. The smallest absolute Gasteiger partial charge is 0.407 e. The lowest BCUT2D eigenvalue weighted by atomic mass is 9.97. The first kappa shape index (κ1) is 38.0. The average Bonchev–Trinajstić information content (AvgIpc) is 3.93. The van der Waals surface area contributed by atoms with Gasteiger partial charge in [0.05, 0.1) is 40.5 Å². The molecule has 2 bridgehead atoms. The first-order valence-electron chi connectivity index (χ1n) is 19.6. The Kier molecular flexibility index (Phi) is 11.5. The molecule has 1 saturated carbocycles. The van der Waals surface area contributed by atoms with Gasteiger partial charge < -0.3 is 39.8 Å². The van der Waals surface area contributed by atoms with Crippen LogP contribution in [-0.4, -0.2) is 135 Å². The molecule has 294 valence electrons. The third-order valence-corrected chi connectivity index (χ3v) is 14.9. The molecule has 15 heteroatoms. The van der Waals surface area contributed by atoms with Crippen LogP contribution < -0.4 is 10.6 Å². The van der Waals surface area contributed by atoms with Crippen molar-refractivity contribution in [3.05, 3.63) is 54.1 Å². The Morgan fingerprint density at radius 2 is 1.87 bits per heavy atom. The van der Waals surface area contributed by atoms with Gasteiger partial charge in [0.1, 0.15) is 6.10 Å². The Balaban J connectivity index is 0.996. The van der Waals surface area contributed by atoms with Crippen molar-refractivity contribution in [2.75, 3.05) is 70.9 Å². The number of aliphatic hydroxyl groups is 1. The highest BCUT2D eigenvalue weighted by atomic mass is 32.2. The number of amides is 1. The number of aromatic nitrogens is 1. The van der Waals surface area contributed by atoms with Crippen LogP contribution in [0.3, 0.4) is 0 Å². The topological polar surface area (TPSA) is 146 Å². The summed E-state index contributed by atoms with van der Waals surface area (Å²) in [4.78, 5) is 23.2. The molecular formula is C39H54N6O7S2. The quantitative estimate of drug-likeness (QED) is 0.195. The number of anilines is 1. The van der Waals surface area contributed by atoms with Crippen LogP contribution in [0.4, 0.5) is 9.93 Å². The van der Waals surface area contributed by atoms with Crippen LogP contribution in [0.25, 0.3) is 10.2 Å². The zero-order valence-corrected chi connectivity index (χ0v) is 32.8. The van der Waals surface area contributed by atoms with Crippen LogP contribution in [0, 0.1) is 23.7 Å². The fourth-order valence-electron chi connectivity index (χ4n) is 8.97. The highest BCUT2D eigenvalue weighted by Crippen LogP contribution is 2.49. The molecule has 8 rings (SSSR count). The summed E-state index contributed by atoms with van der Waals surface area (Å²) in [5.74, 6) is 0.516. The number of rotatable bonds is 16. The molecule has 4 saturated heterocycles. The summed E-state index contributed by atoms with van der Waals surface area (Å²) in [6, 6.07) is 14.2. The van der Waals surface area contributed by atoms with Gasteiger partial charge in [-0.2, -0.15) is 4.31 Å². The first-order chi connectivity index (χ1) is 26.1. The van der Waals surface area contributed by atoms with Gasteiger partial charge in [0, 0.05) is 63.1 Å². The van der Waals surface area contributed by atoms with Crippen molar-refractivity contribution in [1.29, 1.82) is 0 Å². The predicted molar refractivity (Wildman–Crippen MR) is 207 cm³/mol. The highest BCUT2D eigenvalue weighted by molar-refractivity contribution is 7.89. The molecule has 2 aromatic carbocycles. The van der Waals surface area contributed by atoms with Crippen molar-refractivity contribution in [3.8, 4) is 0 Å². The fraction of sp³-hybridized carbons (Fsp3) is 0.641. The molecule has 1 amide bonds. The van der Waals surface area contributed by atoms with Gasteiger partial charge in [-0.1, -0.05) is 41.7 Å². The first-order valence-corrected chi connectivity index (χ1v) is 21.9. The van der Waals surface area contributed by atoms with Gasteiger partial charge in [-0.25, -0.2) is 18.2 Å². The lowest BCUT2D eigenvalue weighted by molar-refractivity contribution is -0.169. The van der Waals surface area contributed by atoms with Crippen molar-refractivity contribution in [2.24, 2.45) is 23.7 Å². The largest absolute Gasteiger partial charge is 0.445 e. The number of aliphatic hydroxyl groups excluding tert-OH is 1. The zero-order chi connectivity index (χ0) is 37.4. The fourth-order valence-corrected chi connectivity index (χ4v) is 11.5. The minimum Gasteiger partial charge on any atom is -0.445 e. The monoisotopic (exact) mass is 782 g/mol. The Hall–Kier alpha value is -2.89. The molecule has 3 N–H and O–H groups in total. The normalized spacial score (nSPS) is 27.1. The van der Waals surface area contributed by atoms with E-state index < -0.39 is 28.3 Å². The van der Waals surface area contributed by atoms with E-state index in [0.717, 1.165) is 66.6 Å². The molecule has 5 fully saturated rings. The second-order valence-corrected chi connectivity index (χ2v) is 19.1. The Morgan fingerprint density at radius 3 is 2.65 bits per heavy atom. The standard InChI is InChI=1S/C39H54N6O7S2/c1-25(2)44-19-27(20-44)21-45(54(48,49)29-10-11-32-35(18-29)53-38(41-32)40-12-15-43-13-6-7-14-43)22-34(46)33(16-26-8-4-3-5-9-26)42-39(47)52-36-28-17-30-31(36)24-51-37(30)50-23-28/h3-5,8-11,18,25,27-28,30-31,33-34,36-37,46H,6-7,12-17,19-24H2,1-2H3,(H,40,41)(H,42,47)/t28?,30?,31?,33-,34+,36?,37?/m0/s1. The van der Waals surface area contributed by atoms with Crippen LogP contribution >= 0.6 is 11.3 Å². The van der Waals surface area contributed by atoms with E-state index in [0.29, 0.717) is 25.7 Å². The number of hydrogen-bond donors (Lipinski definition) is 3. The summed E-state index contributed by atoms with van der Waals surface area (Å²) in [6.45, 7) is 10.8. The third-order valence-electron chi connectivity index (χ3n) is 12.1. The summed E-state index contributed by atoms with van der Waals surface area (Å²) in [6.07, 6.45) is 1.27. The van der Waals surface area contributed by atoms with Crippen molar-refractivity contribution < 1.29 is 32.5 Å². The lowest BCUT2D eigenvalue weighted by Gasteiger charge is -2.44. The summed E-state index contributed by atoms with van der Waals surface area (Å²) < 4.78 is 49.1. The van der Waals surface area contributed by atoms with E-state index in [9.17, 15) is 18.3 Å². The molecule has 5 unspecified atom stereocenters. The van der Waals surface area contributed by atoms with Crippen molar-refractivity contribution in [1.82, 2.24) is 24.4 Å². The number of nitrogens with one attached hydrogen (secondary N) is 2. The van der Waals surface area contributed by atoms with E-state index in [-0.39, 0.29) is 54.1 Å². The number of likely N-dealkylation sites (tertiary alicyclic amines) is 2. The second kappa shape index (κ2) is 16.3. The molecule has 1 aliphatic carbocycles.